The molecule has 0 aromatic rings. The Morgan fingerprint density at radius 3 is 2.19 bits per heavy atom. The van der Waals surface area contributed by atoms with E-state index in [-0.39, 0.29) is 6.54 Å². The zero-order valence-electron chi connectivity index (χ0n) is 8.60. The van der Waals surface area contributed by atoms with Gasteiger partial charge in [-0.05, 0) is 25.8 Å². The lowest BCUT2D eigenvalue weighted by atomic mass is 10.6. The van der Waals surface area contributed by atoms with Crippen LogP contribution >= 0.6 is 46.8 Å². The maximum absolute atomic E-state index is 11.8. The van der Waals surface area contributed by atoms with Crippen LogP contribution in [0.25, 0.3) is 0 Å². The highest BCUT2D eigenvalue weighted by Crippen LogP contribution is 2.31. The number of nitrogens with zero attached hydrogens (tertiary/aromatic N) is 2. The highest BCUT2D eigenvalue weighted by atomic mass is 35.5. The number of nitriles is 1. The summed E-state index contributed by atoms with van der Waals surface area (Å²) in [6.07, 6.45) is 0. The lowest BCUT2D eigenvalue weighted by Gasteiger charge is -2.22. The van der Waals surface area contributed by atoms with Crippen LogP contribution in [-0.4, -0.2) is 33.5 Å². The fourth-order valence-corrected chi connectivity index (χ4v) is 3.78. The number of alkyl halides is 3. The molecular weight excluding hydrogens is 315 g/mol. The first kappa shape index (κ1) is 16.6. The molecule has 0 spiro atoms. The molecule has 0 aliphatic heterocycles. The molecule has 0 rings (SSSR count). The van der Waals surface area contributed by atoms with Crippen molar-refractivity contribution in [3.05, 3.63) is 0 Å². The molecular formula is C7H11Cl3N2O2S2. The molecule has 0 amide bonds. The van der Waals surface area contributed by atoms with E-state index in [0.29, 0.717) is 0 Å². The van der Waals surface area contributed by atoms with Gasteiger partial charge in [0.25, 0.3) is 0 Å². The van der Waals surface area contributed by atoms with Gasteiger partial charge in [0.2, 0.25) is 10.0 Å². The molecule has 0 saturated carbocycles. The maximum atomic E-state index is 11.8. The minimum Gasteiger partial charge on any atom is -0.211 e. The van der Waals surface area contributed by atoms with Gasteiger partial charge < -0.3 is 0 Å². The van der Waals surface area contributed by atoms with Gasteiger partial charge in [0.1, 0.15) is 16.1 Å². The van der Waals surface area contributed by atoms with Crippen molar-refractivity contribution in [1.82, 2.24) is 3.71 Å². The molecule has 4 nitrogen and oxygen atoms in total. The van der Waals surface area contributed by atoms with Crippen molar-refractivity contribution in [1.29, 1.82) is 5.26 Å². The zero-order valence-corrected chi connectivity index (χ0v) is 12.5. The fraction of sp³-hybridized carbons (Fsp3) is 0.857. The van der Waals surface area contributed by atoms with Gasteiger partial charge in [-0.2, -0.15) is 5.26 Å². The Labute approximate surface area is 115 Å². The standard InChI is InChI=1S/C7H11Cl3N2O2S2/c1-5(2)16(13,14)12(4-3-11)15-7(10)6(8)9/h5-7H,4H2,1-2H3. The Bertz CT molecular complexity index is 353. The van der Waals surface area contributed by atoms with Crippen LogP contribution in [0.15, 0.2) is 0 Å². The van der Waals surface area contributed by atoms with Crippen molar-refractivity contribution in [2.24, 2.45) is 0 Å². The lowest BCUT2D eigenvalue weighted by molar-refractivity contribution is 0.547. The van der Waals surface area contributed by atoms with Crippen LogP contribution in [0, 0.1) is 11.3 Å². The van der Waals surface area contributed by atoms with Crippen molar-refractivity contribution in [2.45, 2.75) is 28.6 Å². The quantitative estimate of drug-likeness (QED) is 0.428. The lowest BCUT2D eigenvalue weighted by Crippen LogP contribution is -2.33. The van der Waals surface area contributed by atoms with Gasteiger partial charge >= 0.3 is 0 Å². The molecule has 0 aliphatic carbocycles. The topological polar surface area (TPSA) is 61.2 Å². The summed E-state index contributed by atoms with van der Waals surface area (Å²) >= 11 is 17.5. The van der Waals surface area contributed by atoms with Crippen molar-refractivity contribution < 1.29 is 8.42 Å². The Morgan fingerprint density at radius 1 is 1.38 bits per heavy atom. The smallest absolute Gasteiger partial charge is 0.211 e. The molecule has 0 N–H and O–H groups in total. The van der Waals surface area contributed by atoms with E-state index in [4.69, 9.17) is 40.1 Å². The molecule has 0 aliphatic rings. The summed E-state index contributed by atoms with van der Waals surface area (Å²) in [5.74, 6) is 0. The third-order valence-corrected chi connectivity index (χ3v) is 6.66. The second-order valence-corrected chi connectivity index (χ2v) is 8.70. The van der Waals surface area contributed by atoms with Crippen LogP contribution in [0.1, 0.15) is 13.8 Å². The van der Waals surface area contributed by atoms with Crippen LogP contribution in [-0.2, 0) is 10.0 Å². The first-order chi connectivity index (χ1) is 7.23. The maximum Gasteiger partial charge on any atom is 0.226 e. The number of sulfonamides is 1. The van der Waals surface area contributed by atoms with E-state index < -0.39 is 24.8 Å². The predicted octanol–water partition coefficient (Wildman–Crippen LogP) is 2.57. The Kier molecular flexibility index (Phi) is 7.42. The Hall–Kier alpha value is 0.620. The molecule has 0 heterocycles. The van der Waals surface area contributed by atoms with Gasteiger partial charge in [-0.3, -0.25) is 0 Å². The molecule has 0 bridgehead atoms. The summed E-state index contributed by atoms with van der Waals surface area (Å²) in [4.78, 5) is -0.921. The fourth-order valence-electron chi connectivity index (χ4n) is 0.638. The monoisotopic (exact) mass is 324 g/mol. The minimum absolute atomic E-state index is 0.297. The minimum atomic E-state index is -3.56. The average molecular weight is 326 g/mol. The molecule has 0 fully saturated rings. The van der Waals surface area contributed by atoms with E-state index in [1.807, 2.05) is 0 Å². The largest absolute Gasteiger partial charge is 0.226 e. The highest BCUT2D eigenvalue weighted by molar-refractivity contribution is 8.09. The number of halogens is 3. The normalized spacial score (nSPS) is 14.4. The van der Waals surface area contributed by atoms with E-state index >= 15 is 0 Å². The molecule has 1 atom stereocenters. The summed E-state index contributed by atoms with van der Waals surface area (Å²) < 4.78 is 23.7. The third kappa shape index (κ3) is 4.86. The summed E-state index contributed by atoms with van der Waals surface area (Å²) in [6.45, 7) is 2.74. The van der Waals surface area contributed by atoms with E-state index in [1.165, 1.54) is 13.8 Å². The SMILES string of the molecule is CC(C)S(=O)(=O)N(CC#N)SC(Cl)C(Cl)Cl. The van der Waals surface area contributed by atoms with Crippen molar-refractivity contribution in [3.8, 4) is 6.07 Å². The van der Waals surface area contributed by atoms with Gasteiger partial charge in [0.05, 0.1) is 11.3 Å². The van der Waals surface area contributed by atoms with Crippen LogP contribution in [0.5, 0.6) is 0 Å². The van der Waals surface area contributed by atoms with Gasteiger partial charge in [0, 0.05) is 0 Å². The predicted molar refractivity (Wildman–Crippen MR) is 69.1 cm³/mol. The van der Waals surface area contributed by atoms with E-state index in [2.05, 4.69) is 0 Å². The molecule has 0 aromatic carbocycles. The van der Waals surface area contributed by atoms with Gasteiger partial charge in [-0.15, -0.1) is 38.5 Å². The number of rotatable bonds is 6. The second kappa shape index (κ2) is 7.14. The van der Waals surface area contributed by atoms with Crippen molar-refractivity contribution in [2.75, 3.05) is 6.54 Å². The van der Waals surface area contributed by atoms with Crippen LogP contribution in [0.3, 0.4) is 0 Å². The van der Waals surface area contributed by atoms with E-state index in [0.717, 1.165) is 15.7 Å². The Balaban J connectivity index is 4.84. The zero-order chi connectivity index (χ0) is 12.9. The van der Waals surface area contributed by atoms with Gasteiger partial charge in [-0.25, -0.2) is 8.42 Å². The van der Waals surface area contributed by atoms with E-state index in [1.54, 1.807) is 6.07 Å². The molecule has 0 aromatic heterocycles. The van der Waals surface area contributed by atoms with Crippen LogP contribution in [0.4, 0.5) is 0 Å². The average Bonchev–Trinajstić information content (AvgIpc) is 2.16. The highest BCUT2D eigenvalue weighted by Gasteiger charge is 2.30. The summed E-state index contributed by atoms with van der Waals surface area (Å²) in [5, 5.41) is 7.92. The van der Waals surface area contributed by atoms with Crippen LogP contribution < -0.4 is 0 Å². The van der Waals surface area contributed by atoms with Gasteiger partial charge in [0.15, 0.2) is 0 Å². The first-order valence-electron chi connectivity index (χ1n) is 4.21. The Morgan fingerprint density at radius 2 is 1.88 bits per heavy atom. The number of hydrogen-bond acceptors (Lipinski definition) is 4. The molecule has 0 saturated heterocycles. The van der Waals surface area contributed by atoms with Crippen molar-refractivity contribution in [3.63, 3.8) is 0 Å². The van der Waals surface area contributed by atoms with E-state index in [9.17, 15) is 8.42 Å². The molecule has 94 valence electrons. The summed E-state index contributed by atoms with van der Waals surface area (Å²) in [5.41, 5.74) is 0. The van der Waals surface area contributed by atoms with Crippen molar-refractivity contribution >= 4 is 56.8 Å². The first-order valence-corrected chi connectivity index (χ1v) is 7.86. The number of hydrogen-bond donors (Lipinski definition) is 0. The molecule has 0 radical (unpaired) electrons. The summed E-state index contributed by atoms with van der Waals surface area (Å²) in [6, 6.07) is 1.75. The molecule has 16 heavy (non-hydrogen) atoms. The molecule has 9 heteroatoms. The van der Waals surface area contributed by atoms with Gasteiger partial charge in [-0.1, -0.05) is 0 Å². The van der Waals surface area contributed by atoms with Crippen LogP contribution in [0.2, 0.25) is 0 Å². The molecule has 1 unspecified atom stereocenters. The summed E-state index contributed by atoms with van der Waals surface area (Å²) in [7, 11) is -3.56. The second-order valence-electron chi connectivity index (χ2n) is 3.00. The third-order valence-electron chi connectivity index (χ3n) is 1.50.